The topological polar surface area (TPSA) is 81.8 Å². The summed E-state index contributed by atoms with van der Waals surface area (Å²) in [4.78, 5) is 33.8. The van der Waals surface area contributed by atoms with Crippen molar-refractivity contribution >= 4 is 16.5 Å². The van der Waals surface area contributed by atoms with E-state index in [1.54, 1.807) is 32.0 Å². The average molecular weight is 600 g/mol. The van der Waals surface area contributed by atoms with Gasteiger partial charge >= 0.3 is 6.55 Å². The number of nitrogens with one attached hydrogen (secondary N) is 1. The van der Waals surface area contributed by atoms with Crippen LogP contribution < -0.4 is 16.4 Å². The van der Waals surface area contributed by atoms with Gasteiger partial charge in [0, 0.05) is 48.2 Å². The molecule has 0 aliphatic heterocycles. The van der Waals surface area contributed by atoms with Gasteiger partial charge in [-0.1, -0.05) is 12.1 Å². The highest BCUT2D eigenvalue weighted by Gasteiger charge is 2.24. The summed E-state index contributed by atoms with van der Waals surface area (Å²) in [6, 6.07) is 9.68. The van der Waals surface area contributed by atoms with Crippen LogP contribution in [0.15, 0.2) is 70.5 Å². The minimum atomic E-state index is -3.28. The van der Waals surface area contributed by atoms with E-state index in [0.29, 0.717) is 33.2 Å². The number of benzene rings is 2. The third kappa shape index (κ3) is 5.38. The number of fused-ring (bicyclic) bond motifs is 1. The maximum atomic E-state index is 14.2. The summed E-state index contributed by atoms with van der Waals surface area (Å²) in [5.41, 5.74) is -1.01. The van der Waals surface area contributed by atoms with Gasteiger partial charge in [-0.15, -0.1) is 0 Å². The Kier molecular flexibility index (Phi) is 7.82. The van der Waals surface area contributed by atoms with Crippen molar-refractivity contribution < 1.29 is 26.3 Å². The fraction of sp³-hybridized carbons (Fsp3) is 0.200. The minimum Gasteiger partial charge on any atom is -0.378 e. The molecule has 1 unspecified atom stereocenters. The molecule has 0 saturated carbocycles. The van der Waals surface area contributed by atoms with E-state index in [2.05, 4.69) is 15.3 Å². The van der Waals surface area contributed by atoms with Crippen LogP contribution in [0, 0.1) is 18.6 Å². The molecule has 5 aromatic rings. The van der Waals surface area contributed by atoms with Gasteiger partial charge in [0.25, 0.3) is 17.5 Å². The summed E-state index contributed by atoms with van der Waals surface area (Å²) in [5.74, 6) is -3.19. The number of halogens is 6. The van der Waals surface area contributed by atoms with Crippen molar-refractivity contribution in [3.63, 3.8) is 0 Å². The van der Waals surface area contributed by atoms with Crippen LogP contribution in [0.2, 0.25) is 0 Å². The zero-order valence-electron chi connectivity index (χ0n) is 22.9. The molecule has 0 radical (unpaired) electrons. The summed E-state index contributed by atoms with van der Waals surface area (Å²) < 4.78 is 83.9. The van der Waals surface area contributed by atoms with Gasteiger partial charge in [0.2, 0.25) is 0 Å². The third-order valence-corrected chi connectivity index (χ3v) is 7.08. The van der Waals surface area contributed by atoms with Crippen molar-refractivity contribution in [3.8, 4) is 22.8 Å². The SMILES string of the molecule is Cc1cc(C(C)Nc2ccc(F)c(F)c2C(F)F)c2cc(-c3cnc(-c4cccc(=O)n4C(F)F)nc3)n(C)c(=O)c2c1. The number of aromatic nitrogens is 4. The maximum Gasteiger partial charge on any atom is 0.321 e. The number of hydrogen-bond donors (Lipinski definition) is 1. The summed E-state index contributed by atoms with van der Waals surface area (Å²) in [7, 11) is 1.52. The van der Waals surface area contributed by atoms with Gasteiger partial charge in [0.05, 0.1) is 17.0 Å². The van der Waals surface area contributed by atoms with Crippen LogP contribution in [0.25, 0.3) is 33.5 Å². The maximum absolute atomic E-state index is 14.2. The molecule has 5 rings (SSSR count). The fourth-order valence-corrected chi connectivity index (χ4v) is 5.02. The van der Waals surface area contributed by atoms with Crippen molar-refractivity contribution in [2.45, 2.75) is 32.9 Å². The molecule has 7 nitrogen and oxygen atoms in total. The lowest BCUT2D eigenvalue weighted by Gasteiger charge is -2.22. The minimum absolute atomic E-state index is 0.136. The molecule has 0 bridgehead atoms. The van der Waals surface area contributed by atoms with Crippen LogP contribution in [0.1, 0.15) is 42.6 Å². The van der Waals surface area contributed by atoms with E-state index in [1.807, 2.05) is 0 Å². The predicted octanol–water partition coefficient (Wildman–Crippen LogP) is 6.92. The van der Waals surface area contributed by atoms with Crippen LogP contribution in [0.5, 0.6) is 0 Å². The van der Waals surface area contributed by atoms with Crippen molar-refractivity contribution in [1.29, 1.82) is 0 Å². The first-order valence-electron chi connectivity index (χ1n) is 12.9. The zero-order valence-corrected chi connectivity index (χ0v) is 22.9. The first kappa shape index (κ1) is 29.5. The van der Waals surface area contributed by atoms with Gasteiger partial charge < -0.3 is 9.88 Å². The van der Waals surface area contributed by atoms with Crippen molar-refractivity contribution in [3.05, 3.63) is 110 Å². The number of alkyl halides is 4. The molecule has 0 fully saturated rings. The molecule has 1 atom stereocenters. The highest BCUT2D eigenvalue weighted by atomic mass is 19.3. The van der Waals surface area contributed by atoms with E-state index >= 15 is 0 Å². The van der Waals surface area contributed by atoms with Crippen LogP contribution in [-0.2, 0) is 7.05 Å². The number of rotatable bonds is 7. The molecule has 13 heteroatoms. The Labute approximate surface area is 240 Å². The van der Waals surface area contributed by atoms with E-state index in [-0.39, 0.29) is 21.8 Å². The second-order valence-corrected chi connectivity index (χ2v) is 9.89. The molecule has 0 saturated heterocycles. The van der Waals surface area contributed by atoms with Gasteiger partial charge in [0.15, 0.2) is 17.5 Å². The molecule has 0 amide bonds. The Balaban J connectivity index is 1.61. The molecule has 0 spiro atoms. The van der Waals surface area contributed by atoms with Crippen molar-refractivity contribution in [2.24, 2.45) is 7.05 Å². The lowest BCUT2D eigenvalue weighted by molar-refractivity contribution is 0.0681. The first-order valence-corrected chi connectivity index (χ1v) is 12.9. The van der Waals surface area contributed by atoms with Crippen molar-refractivity contribution in [1.82, 2.24) is 19.1 Å². The molecular formula is C30H23F6N5O2. The molecular weight excluding hydrogens is 576 g/mol. The van der Waals surface area contributed by atoms with E-state index < -0.39 is 47.3 Å². The quantitative estimate of drug-likeness (QED) is 0.206. The number of aryl methyl sites for hydroxylation is 1. The molecule has 2 aromatic carbocycles. The molecule has 43 heavy (non-hydrogen) atoms. The highest BCUT2D eigenvalue weighted by molar-refractivity contribution is 5.89. The van der Waals surface area contributed by atoms with Gasteiger partial charge in [-0.2, -0.15) is 8.78 Å². The van der Waals surface area contributed by atoms with E-state index in [4.69, 9.17) is 0 Å². The third-order valence-electron chi connectivity index (χ3n) is 7.08. The van der Waals surface area contributed by atoms with Gasteiger partial charge in [-0.05, 0) is 60.7 Å². The summed E-state index contributed by atoms with van der Waals surface area (Å²) in [6.45, 7) is 0.261. The molecule has 0 aliphatic carbocycles. The monoisotopic (exact) mass is 599 g/mol. The Morgan fingerprint density at radius 3 is 2.23 bits per heavy atom. The first-order chi connectivity index (χ1) is 20.4. The summed E-state index contributed by atoms with van der Waals surface area (Å²) in [5, 5.41) is 3.59. The second-order valence-electron chi connectivity index (χ2n) is 9.89. The number of anilines is 1. The summed E-state index contributed by atoms with van der Waals surface area (Å²) >= 11 is 0. The number of nitrogens with zero attached hydrogens (tertiary/aromatic N) is 4. The lowest BCUT2D eigenvalue weighted by atomic mass is 9.96. The zero-order chi connectivity index (χ0) is 31.2. The summed E-state index contributed by atoms with van der Waals surface area (Å²) in [6.07, 6.45) is -0.642. The largest absolute Gasteiger partial charge is 0.378 e. The van der Waals surface area contributed by atoms with Crippen LogP contribution >= 0.6 is 0 Å². The second kappa shape index (κ2) is 11.4. The normalized spacial score (nSPS) is 12.3. The van der Waals surface area contributed by atoms with Gasteiger partial charge in [-0.3, -0.25) is 9.59 Å². The van der Waals surface area contributed by atoms with Crippen LogP contribution in [0.4, 0.5) is 32.0 Å². The lowest BCUT2D eigenvalue weighted by Crippen LogP contribution is -2.22. The molecule has 3 aromatic heterocycles. The van der Waals surface area contributed by atoms with E-state index in [9.17, 15) is 35.9 Å². The van der Waals surface area contributed by atoms with E-state index in [0.717, 1.165) is 18.2 Å². The Morgan fingerprint density at radius 2 is 1.58 bits per heavy atom. The molecule has 222 valence electrons. The molecule has 1 N–H and O–H groups in total. The standard InChI is InChI=1S/C30H23F6N5O2/c1-14-9-17(15(2)39-21-8-7-20(31)26(32)25(21)27(33)34)18-11-23(40(3)29(43)19(18)10-14)16-12-37-28(38-13-16)22-5-4-6-24(42)41(22)30(35)36/h4-13,15,27,30,39H,1-3H3. The highest BCUT2D eigenvalue weighted by Crippen LogP contribution is 2.35. The Morgan fingerprint density at radius 1 is 0.884 bits per heavy atom. The fourth-order valence-electron chi connectivity index (χ4n) is 5.02. The van der Waals surface area contributed by atoms with Gasteiger partial charge in [-0.25, -0.2) is 32.1 Å². The van der Waals surface area contributed by atoms with Crippen molar-refractivity contribution in [2.75, 3.05) is 5.32 Å². The number of pyridine rings is 2. The van der Waals surface area contributed by atoms with Crippen LogP contribution in [-0.4, -0.2) is 19.1 Å². The smallest absolute Gasteiger partial charge is 0.321 e. The average Bonchev–Trinajstić information content (AvgIpc) is 2.96. The molecule has 3 heterocycles. The number of hydrogen-bond acceptors (Lipinski definition) is 5. The van der Waals surface area contributed by atoms with Gasteiger partial charge in [0.1, 0.15) is 0 Å². The Bertz CT molecular complexity index is 1970. The Hall–Kier alpha value is -4.94. The van der Waals surface area contributed by atoms with Crippen LogP contribution in [0.3, 0.4) is 0 Å². The molecule has 0 aliphatic rings. The predicted molar refractivity (Wildman–Crippen MR) is 149 cm³/mol. The van der Waals surface area contributed by atoms with E-state index in [1.165, 1.54) is 36.1 Å².